The van der Waals surface area contributed by atoms with Crippen molar-refractivity contribution >= 4 is 28.4 Å². The maximum Gasteiger partial charge on any atom is 0.277 e. The van der Waals surface area contributed by atoms with Crippen molar-refractivity contribution < 1.29 is 14.4 Å². The van der Waals surface area contributed by atoms with Crippen LogP contribution in [0.4, 0.5) is 11.5 Å². The van der Waals surface area contributed by atoms with Crippen LogP contribution < -0.4 is 10.6 Å². The topological polar surface area (TPSA) is 114 Å². The van der Waals surface area contributed by atoms with Crippen LogP contribution in [0.15, 0.2) is 71.3 Å². The molecule has 0 unspecified atom stereocenters. The molecule has 7 rings (SSSR count). The zero-order valence-corrected chi connectivity index (χ0v) is 22.2. The van der Waals surface area contributed by atoms with E-state index in [1.165, 1.54) is 11.1 Å². The minimum Gasteiger partial charge on any atom is -0.392 e. The lowest BCUT2D eigenvalue weighted by Gasteiger charge is -2.28. The molecule has 9 nitrogen and oxygen atoms in total. The summed E-state index contributed by atoms with van der Waals surface area (Å²) in [6.07, 6.45) is 1.30. The SMILES string of the molecule is Cc1nn(-c2ccc3onc(N)c3c2)c2c1CCN(c1ccc(-c3ccccc3CN3CC[C@H](O)C3)cc1)C2=O. The molecule has 1 fully saturated rings. The van der Waals surface area contributed by atoms with Gasteiger partial charge in [-0.15, -0.1) is 0 Å². The minimum absolute atomic E-state index is 0.0824. The number of aromatic nitrogens is 3. The van der Waals surface area contributed by atoms with Crippen LogP contribution in [0.5, 0.6) is 0 Å². The maximum absolute atomic E-state index is 13.9. The van der Waals surface area contributed by atoms with E-state index in [4.69, 9.17) is 15.4 Å². The Morgan fingerprint density at radius 2 is 1.85 bits per heavy atom. The molecule has 0 saturated carbocycles. The molecule has 1 atom stereocenters. The number of rotatable bonds is 5. The van der Waals surface area contributed by atoms with E-state index in [2.05, 4.69) is 46.5 Å². The van der Waals surface area contributed by atoms with Gasteiger partial charge in [-0.05, 0) is 66.8 Å². The van der Waals surface area contributed by atoms with E-state index in [0.29, 0.717) is 35.6 Å². The Kier molecular flexibility index (Phi) is 5.91. The van der Waals surface area contributed by atoms with Crippen LogP contribution in [0.3, 0.4) is 0 Å². The van der Waals surface area contributed by atoms with Crippen molar-refractivity contribution in [2.45, 2.75) is 32.4 Å². The van der Waals surface area contributed by atoms with Crippen LogP contribution in [-0.2, 0) is 13.0 Å². The van der Waals surface area contributed by atoms with Crippen molar-refractivity contribution in [2.24, 2.45) is 0 Å². The summed E-state index contributed by atoms with van der Waals surface area (Å²) in [6.45, 7) is 4.95. The van der Waals surface area contributed by atoms with Crippen molar-refractivity contribution in [3.05, 3.63) is 89.2 Å². The summed E-state index contributed by atoms with van der Waals surface area (Å²) < 4.78 is 6.96. The third-order valence-corrected chi connectivity index (χ3v) is 8.09. The number of carbonyl (C=O) groups is 1. The van der Waals surface area contributed by atoms with Gasteiger partial charge in [0.1, 0.15) is 5.69 Å². The first-order valence-electron chi connectivity index (χ1n) is 13.6. The quantitative estimate of drug-likeness (QED) is 0.345. The van der Waals surface area contributed by atoms with E-state index in [0.717, 1.165) is 54.1 Å². The number of benzene rings is 3. The molecule has 40 heavy (non-hydrogen) atoms. The van der Waals surface area contributed by atoms with Crippen LogP contribution >= 0.6 is 0 Å². The van der Waals surface area contributed by atoms with Gasteiger partial charge in [-0.1, -0.05) is 41.6 Å². The molecule has 5 aromatic rings. The van der Waals surface area contributed by atoms with Crippen molar-refractivity contribution in [1.82, 2.24) is 19.8 Å². The molecule has 3 N–H and O–H groups in total. The molecule has 2 aromatic heterocycles. The van der Waals surface area contributed by atoms with Gasteiger partial charge < -0.3 is 20.3 Å². The summed E-state index contributed by atoms with van der Waals surface area (Å²) in [4.78, 5) is 18.0. The fraction of sp³-hybridized carbons (Fsp3) is 0.258. The molecule has 9 heteroatoms. The molecule has 4 heterocycles. The molecule has 2 aliphatic heterocycles. The Labute approximate surface area is 231 Å². The summed E-state index contributed by atoms with van der Waals surface area (Å²) in [5.74, 6) is 0.225. The Bertz CT molecular complexity index is 1740. The molecule has 0 spiro atoms. The van der Waals surface area contributed by atoms with E-state index < -0.39 is 0 Å². The van der Waals surface area contributed by atoms with Crippen molar-refractivity contribution in [1.29, 1.82) is 0 Å². The number of amides is 1. The predicted molar refractivity (Wildman–Crippen MR) is 153 cm³/mol. The van der Waals surface area contributed by atoms with Crippen LogP contribution in [-0.4, -0.2) is 56.6 Å². The number of hydrogen-bond donors (Lipinski definition) is 2. The fourth-order valence-corrected chi connectivity index (χ4v) is 6.00. The minimum atomic E-state index is -0.238. The number of anilines is 2. The second kappa shape index (κ2) is 9.62. The van der Waals surface area contributed by atoms with E-state index in [1.807, 2.05) is 36.1 Å². The lowest BCUT2D eigenvalue weighted by Crippen LogP contribution is -2.38. The summed E-state index contributed by atoms with van der Waals surface area (Å²) in [5.41, 5.74) is 14.0. The first-order valence-corrected chi connectivity index (χ1v) is 13.6. The number of aliphatic hydroxyl groups is 1. The highest BCUT2D eigenvalue weighted by atomic mass is 16.5. The fourth-order valence-electron chi connectivity index (χ4n) is 6.00. The highest BCUT2D eigenvalue weighted by Crippen LogP contribution is 2.32. The number of carbonyl (C=O) groups excluding carboxylic acids is 1. The third-order valence-electron chi connectivity index (χ3n) is 8.09. The summed E-state index contributed by atoms with van der Waals surface area (Å²) in [5, 5.41) is 19.2. The molecule has 0 radical (unpaired) electrons. The molecule has 202 valence electrons. The second-order valence-electron chi connectivity index (χ2n) is 10.7. The Hall–Kier alpha value is -4.47. The normalized spacial score (nSPS) is 17.6. The number of fused-ring (bicyclic) bond motifs is 2. The number of nitrogens with two attached hydrogens (primary N) is 1. The molecule has 0 bridgehead atoms. The number of likely N-dealkylation sites (tertiary alicyclic amines) is 1. The van der Waals surface area contributed by atoms with E-state index in [1.54, 1.807) is 10.7 Å². The van der Waals surface area contributed by atoms with E-state index in [-0.39, 0.29) is 12.0 Å². The zero-order valence-electron chi connectivity index (χ0n) is 22.2. The van der Waals surface area contributed by atoms with Crippen LogP contribution in [0.2, 0.25) is 0 Å². The predicted octanol–water partition coefficient (Wildman–Crippen LogP) is 4.34. The number of aliphatic hydroxyl groups excluding tert-OH is 1. The van der Waals surface area contributed by atoms with E-state index >= 15 is 0 Å². The Balaban J connectivity index is 1.18. The van der Waals surface area contributed by atoms with Gasteiger partial charge >= 0.3 is 0 Å². The van der Waals surface area contributed by atoms with Gasteiger partial charge in [0.15, 0.2) is 11.4 Å². The smallest absolute Gasteiger partial charge is 0.277 e. The number of nitrogens with zero attached hydrogens (tertiary/aromatic N) is 5. The lowest BCUT2D eigenvalue weighted by molar-refractivity contribution is 0.0973. The monoisotopic (exact) mass is 534 g/mol. The van der Waals surface area contributed by atoms with Crippen LogP contribution in [0.1, 0.15) is 33.7 Å². The van der Waals surface area contributed by atoms with E-state index in [9.17, 15) is 9.90 Å². The van der Waals surface area contributed by atoms with Gasteiger partial charge in [0.25, 0.3) is 5.91 Å². The second-order valence-corrected chi connectivity index (χ2v) is 10.7. The Morgan fingerprint density at radius 3 is 2.65 bits per heavy atom. The highest BCUT2D eigenvalue weighted by molar-refractivity contribution is 6.07. The summed E-state index contributed by atoms with van der Waals surface area (Å²) in [6, 6.07) is 22.1. The first kappa shape index (κ1) is 24.6. The molecule has 1 saturated heterocycles. The standard InChI is InChI=1S/C31H30N6O3/c1-19-25-13-15-36(31(39)29(25)37(33-19)23-10-11-28-27(16-23)30(32)34-40-28)22-8-6-20(7-9-22)26-5-3-2-4-21(26)17-35-14-12-24(38)18-35/h2-11,16,24,38H,12-15,17-18H2,1H3,(H2,32,34)/t24-/m0/s1. The van der Waals surface area contributed by atoms with Crippen molar-refractivity contribution in [2.75, 3.05) is 30.3 Å². The van der Waals surface area contributed by atoms with Crippen LogP contribution in [0, 0.1) is 6.92 Å². The van der Waals surface area contributed by atoms with Gasteiger partial charge in [-0.25, -0.2) is 4.68 Å². The lowest BCUT2D eigenvalue weighted by atomic mass is 9.98. The van der Waals surface area contributed by atoms with Gasteiger partial charge in [-0.2, -0.15) is 5.10 Å². The highest BCUT2D eigenvalue weighted by Gasteiger charge is 2.32. The first-order chi connectivity index (χ1) is 19.5. The van der Waals surface area contributed by atoms with Crippen molar-refractivity contribution in [3.8, 4) is 16.8 Å². The summed E-state index contributed by atoms with van der Waals surface area (Å²) in [7, 11) is 0. The molecule has 1 amide bonds. The Morgan fingerprint density at radius 1 is 1.05 bits per heavy atom. The number of aryl methyl sites for hydroxylation is 1. The van der Waals surface area contributed by atoms with Gasteiger partial charge in [0.05, 0.1) is 22.9 Å². The molecular weight excluding hydrogens is 504 g/mol. The van der Waals surface area contributed by atoms with Crippen molar-refractivity contribution in [3.63, 3.8) is 0 Å². The summed E-state index contributed by atoms with van der Waals surface area (Å²) >= 11 is 0. The van der Waals surface area contributed by atoms with Gasteiger partial charge in [0.2, 0.25) is 0 Å². The average Bonchev–Trinajstić information content (AvgIpc) is 3.66. The van der Waals surface area contributed by atoms with Crippen LogP contribution in [0.25, 0.3) is 27.8 Å². The molecule has 0 aliphatic carbocycles. The number of hydrogen-bond acceptors (Lipinski definition) is 7. The number of nitrogen functional groups attached to an aromatic ring is 1. The molecule has 3 aromatic carbocycles. The number of β-amino-alcohol motifs (C(OH)–C–C–N with tert-alkyl or cyclic N) is 1. The van der Waals surface area contributed by atoms with Gasteiger partial charge in [0, 0.05) is 37.4 Å². The third kappa shape index (κ3) is 4.14. The zero-order chi connectivity index (χ0) is 27.4. The molecular formula is C31H30N6O3. The maximum atomic E-state index is 13.9. The van der Waals surface area contributed by atoms with Gasteiger partial charge in [-0.3, -0.25) is 9.69 Å². The average molecular weight is 535 g/mol. The molecule has 2 aliphatic rings. The largest absolute Gasteiger partial charge is 0.392 e.